The molecule has 3 heteroatoms. The van der Waals surface area contributed by atoms with Crippen LogP contribution in [0.3, 0.4) is 0 Å². The summed E-state index contributed by atoms with van der Waals surface area (Å²) in [5.41, 5.74) is 3.24. The number of furan rings is 1. The molecule has 0 bridgehead atoms. The van der Waals surface area contributed by atoms with Crippen molar-refractivity contribution in [3.63, 3.8) is 0 Å². The van der Waals surface area contributed by atoms with E-state index < -0.39 is 0 Å². The number of hydrogen-bond donors (Lipinski definition) is 1. The Labute approximate surface area is 138 Å². The first kappa shape index (κ1) is 16.5. The zero-order valence-corrected chi connectivity index (χ0v) is 14.7. The van der Waals surface area contributed by atoms with E-state index in [2.05, 4.69) is 20.8 Å². The van der Waals surface area contributed by atoms with Crippen LogP contribution in [0.5, 0.6) is 0 Å². The highest BCUT2D eigenvalue weighted by atomic mass is 16.3. The zero-order valence-electron chi connectivity index (χ0n) is 14.7. The van der Waals surface area contributed by atoms with E-state index >= 15 is 0 Å². The van der Waals surface area contributed by atoms with Crippen molar-refractivity contribution in [2.24, 2.45) is 16.7 Å². The Kier molecular flexibility index (Phi) is 4.04. The molecule has 126 valence electrons. The van der Waals surface area contributed by atoms with Gasteiger partial charge in [-0.05, 0) is 66.6 Å². The maximum atomic E-state index is 12.6. The third-order valence-corrected chi connectivity index (χ3v) is 6.66. The highest BCUT2D eigenvalue weighted by Crippen LogP contribution is 2.59. The largest absolute Gasteiger partial charge is 0.472 e. The highest BCUT2D eigenvalue weighted by molar-refractivity contribution is 5.97. The van der Waals surface area contributed by atoms with Gasteiger partial charge >= 0.3 is 0 Å². The molecule has 1 fully saturated rings. The summed E-state index contributed by atoms with van der Waals surface area (Å²) in [6.45, 7) is 8.56. The molecule has 3 atom stereocenters. The number of ketones is 1. The number of allylic oxidation sites excluding steroid dienone is 2. The number of aryl methyl sites for hydroxylation is 1. The fourth-order valence-corrected chi connectivity index (χ4v) is 5.00. The lowest BCUT2D eigenvalue weighted by Crippen LogP contribution is -2.53. The van der Waals surface area contributed by atoms with Crippen LogP contribution in [-0.4, -0.2) is 17.0 Å². The molecule has 23 heavy (non-hydrogen) atoms. The van der Waals surface area contributed by atoms with Crippen molar-refractivity contribution in [1.82, 2.24) is 0 Å². The van der Waals surface area contributed by atoms with Crippen LogP contribution in [-0.2, 0) is 11.2 Å². The molecule has 2 aliphatic carbocycles. The first-order valence-corrected chi connectivity index (χ1v) is 8.69. The normalized spacial score (nSPS) is 33.7. The summed E-state index contributed by atoms with van der Waals surface area (Å²) in [6, 6.07) is 1.99. The molecule has 0 spiro atoms. The van der Waals surface area contributed by atoms with Gasteiger partial charge in [-0.25, -0.2) is 0 Å². The summed E-state index contributed by atoms with van der Waals surface area (Å²) >= 11 is 0. The summed E-state index contributed by atoms with van der Waals surface area (Å²) in [6.07, 6.45) is 7.33. The fourth-order valence-electron chi connectivity index (χ4n) is 5.00. The van der Waals surface area contributed by atoms with Crippen molar-refractivity contribution < 1.29 is 14.3 Å². The van der Waals surface area contributed by atoms with Crippen LogP contribution in [0, 0.1) is 16.7 Å². The van der Waals surface area contributed by atoms with Gasteiger partial charge in [0, 0.05) is 6.42 Å². The Morgan fingerprint density at radius 3 is 2.70 bits per heavy atom. The van der Waals surface area contributed by atoms with Crippen LogP contribution in [0.2, 0.25) is 0 Å². The van der Waals surface area contributed by atoms with Crippen LogP contribution in [0.15, 0.2) is 34.2 Å². The molecule has 1 aromatic heterocycles. The van der Waals surface area contributed by atoms with Gasteiger partial charge in [0.25, 0.3) is 0 Å². The number of aliphatic hydroxyl groups excluding tert-OH is 1. The second-order valence-corrected chi connectivity index (χ2v) is 8.21. The van der Waals surface area contributed by atoms with Gasteiger partial charge in [-0.3, -0.25) is 4.79 Å². The number of rotatable bonds is 3. The lowest BCUT2D eigenvalue weighted by Gasteiger charge is -2.56. The monoisotopic (exact) mass is 316 g/mol. The molecule has 1 aromatic rings. The predicted octanol–water partition coefficient (Wildman–Crippen LogP) is 4.30. The number of aliphatic hydroxyl groups is 1. The van der Waals surface area contributed by atoms with Crippen molar-refractivity contribution in [1.29, 1.82) is 0 Å². The van der Waals surface area contributed by atoms with E-state index in [4.69, 9.17) is 4.42 Å². The van der Waals surface area contributed by atoms with Crippen molar-refractivity contribution >= 4 is 5.78 Å². The summed E-state index contributed by atoms with van der Waals surface area (Å²) in [5, 5.41) is 10.5. The Hall–Kier alpha value is -1.35. The number of carbonyl (C=O) groups excluding carboxylic acids is 1. The summed E-state index contributed by atoms with van der Waals surface area (Å²) in [7, 11) is 0. The molecular formula is C20H28O3. The maximum absolute atomic E-state index is 12.6. The van der Waals surface area contributed by atoms with Gasteiger partial charge in [0.1, 0.15) is 0 Å². The molecule has 0 saturated heterocycles. The molecule has 1 saturated carbocycles. The highest BCUT2D eigenvalue weighted by Gasteiger charge is 2.55. The standard InChI is InChI=1S/C20H28O3/c1-13-15(6-5-14-8-10-23-12-14)20(4)9-7-18(22)19(2,3)17(20)11-16(13)21/h8,10,12,17-18,22H,5-7,9,11H2,1-4H3/t17-,18+,20+/m0/s1. The molecule has 1 N–H and O–H groups in total. The Balaban J connectivity index is 1.95. The summed E-state index contributed by atoms with van der Waals surface area (Å²) < 4.78 is 5.17. The smallest absolute Gasteiger partial charge is 0.158 e. The average Bonchev–Trinajstić information content (AvgIpc) is 3.00. The molecule has 3 nitrogen and oxygen atoms in total. The molecule has 3 rings (SSSR count). The minimum Gasteiger partial charge on any atom is -0.472 e. The van der Waals surface area contributed by atoms with Crippen molar-refractivity contribution in [2.45, 2.75) is 65.9 Å². The lowest BCUT2D eigenvalue weighted by atomic mass is 9.49. The Morgan fingerprint density at radius 1 is 1.30 bits per heavy atom. The van der Waals surface area contributed by atoms with Crippen LogP contribution in [0.25, 0.3) is 0 Å². The van der Waals surface area contributed by atoms with Crippen molar-refractivity contribution in [2.75, 3.05) is 0 Å². The van der Waals surface area contributed by atoms with Crippen LogP contribution in [0.4, 0.5) is 0 Å². The van der Waals surface area contributed by atoms with Gasteiger partial charge in [0.05, 0.1) is 18.6 Å². The molecule has 1 heterocycles. The van der Waals surface area contributed by atoms with Gasteiger partial charge in [-0.15, -0.1) is 0 Å². The van der Waals surface area contributed by atoms with E-state index in [9.17, 15) is 9.90 Å². The van der Waals surface area contributed by atoms with E-state index in [-0.39, 0.29) is 28.6 Å². The molecule has 2 aliphatic rings. The fraction of sp³-hybridized carbons (Fsp3) is 0.650. The van der Waals surface area contributed by atoms with E-state index in [0.29, 0.717) is 6.42 Å². The quantitative estimate of drug-likeness (QED) is 0.904. The third-order valence-electron chi connectivity index (χ3n) is 6.66. The second-order valence-electron chi connectivity index (χ2n) is 8.21. The molecule has 0 aromatic carbocycles. The third kappa shape index (κ3) is 2.59. The summed E-state index contributed by atoms with van der Waals surface area (Å²) in [4.78, 5) is 12.6. The molecule has 0 radical (unpaired) electrons. The van der Waals surface area contributed by atoms with E-state index in [1.54, 1.807) is 12.5 Å². The van der Waals surface area contributed by atoms with E-state index in [0.717, 1.165) is 31.3 Å². The predicted molar refractivity (Wildman–Crippen MR) is 90.0 cm³/mol. The molecular weight excluding hydrogens is 288 g/mol. The van der Waals surface area contributed by atoms with Crippen LogP contribution in [0.1, 0.15) is 58.9 Å². The van der Waals surface area contributed by atoms with E-state index in [1.165, 1.54) is 11.1 Å². The van der Waals surface area contributed by atoms with Gasteiger partial charge in [0.15, 0.2) is 5.78 Å². The van der Waals surface area contributed by atoms with Gasteiger partial charge in [-0.1, -0.05) is 26.3 Å². The molecule has 0 unspecified atom stereocenters. The van der Waals surface area contributed by atoms with E-state index in [1.807, 2.05) is 13.0 Å². The second kappa shape index (κ2) is 5.62. The van der Waals surface area contributed by atoms with Gasteiger partial charge in [0.2, 0.25) is 0 Å². The van der Waals surface area contributed by atoms with Crippen LogP contribution < -0.4 is 0 Å². The Bertz CT molecular complexity index is 623. The minimum absolute atomic E-state index is 0.0183. The SMILES string of the molecule is CC1=C(CCc2ccoc2)[C@@]2(C)CC[C@@H](O)C(C)(C)[C@@H]2CC1=O. The molecule has 0 amide bonds. The zero-order chi connectivity index (χ0) is 16.8. The minimum atomic E-state index is -0.318. The number of hydrogen-bond acceptors (Lipinski definition) is 3. The lowest BCUT2D eigenvalue weighted by molar-refractivity contribution is -0.129. The van der Waals surface area contributed by atoms with Crippen molar-refractivity contribution in [3.05, 3.63) is 35.3 Å². The number of Topliss-reactive ketones (excluding diaryl/α,β-unsaturated/α-hetero) is 1. The first-order valence-electron chi connectivity index (χ1n) is 8.69. The molecule has 0 aliphatic heterocycles. The number of carbonyl (C=O) groups is 1. The first-order chi connectivity index (χ1) is 10.8. The average molecular weight is 316 g/mol. The topological polar surface area (TPSA) is 50.4 Å². The van der Waals surface area contributed by atoms with Crippen molar-refractivity contribution in [3.8, 4) is 0 Å². The maximum Gasteiger partial charge on any atom is 0.158 e. The van der Waals surface area contributed by atoms with Crippen LogP contribution >= 0.6 is 0 Å². The number of fused-ring (bicyclic) bond motifs is 1. The van der Waals surface area contributed by atoms with Gasteiger partial charge < -0.3 is 9.52 Å². The Morgan fingerprint density at radius 2 is 2.04 bits per heavy atom. The van der Waals surface area contributed by atoms with Gasteiger partial charge in [-0.2, -0.15) is 0 Å². The summed E-state index contributed by atoms with van der Waals surface area (Å²) in [5.74, 6) is 0.478.